The average molecular weight is 276 g/mol. The van der Waals surface area contributed by atoms with Gasteiger partial charge in [-0.15, -0.1) is 0 Å². The Kier molecular flexibility index (Phi) is 5.06. The van der Waals surface area contributed by atoms with Gasteiger partial charge in [0.05, 0.1) is 7.11 Å². The van der Waals surface area contributed by atoms with Gasteiger partial charge in [0, 0.05) is 30.7 Å². The van der Waals surface area contributed by atoms with Crippen LogP contribution in [0.5, 0.6) is 5.75 Å². The Bertz CT molecular complexity index is 447. The van der Waals surface area contributed by atoms with Gasteiger partial charge in [0.15, 0.2) is 0 Å². The highest BCUT2D eigenvalue weighted by Crippen LogP contribution is 2.33. The highest BCUT2D eigenvalue weighted by Gasteiger charge is 2.29. The molecule has 0 aliphatic carbocycles. The summed E-state index contributed by atoms with van der Waals surface area (Å²) in [6, 6.07) is 7.18. The fourth-order valence-electron chi connectivity index (χ4n) is 3.24. The molecule has 2 N–H and O–H groups in total. The van der Waals surface area contributed by atoms with Crippen LogP contribution in [0.2, 0.25) is 0 Å². The SMILES string of the molecule is CCC1CN(C(C)c2cc(C)ccc2OC)CCC1N. The average Bonchev–Trinajstić information content (AvgIpc) is 2.47. The fraction of sp³-hybridized carbons (Fsp3) is 0.647. The third kappa shape index (κ3) is 3.15. The van der Waals surface area contributed by atoms with E-state index < -0.39 is 0 Å². The van der Waals surface area contributed by atoms with Gasteiger partial charge in [-0.3, -0.25) is 4.90 Å². The first-order valence-electron chi connectivity index (χ1n) is 7.71. The number of likely N-dealkylation sites (tertiary alicyclic amines) is 1. The Labute approximate surface area is 123 Å². The van der Waals surface area contributed by atoms with Crippen LogP contribution in [-0.2, 0) is 0 Å². The number of rotatable bonds is 4. The summed E-state index contributed by atoms with van der Waals surface area (Å²) in [5, 5.41) is 0. The van der Waals surface area contributed by atoms with Crippen molar-refractivity contribution in [2.45, 2.75) is 45.7 Å². The highest BCUT2D eigenvalue weighted by molar-refractivity contribution is 5.39. The molecule has 0 amide bonds. The Morgan fingerprint density at radius 1 is 1.45 bits per heavy atom. The van der Waals surface area contributed by atoms with E-state index in [1.54, 1.807) is 7.11 Å². The van der Waals surface area contributed by atoms with Crippen LogP contribution >= 0.6 is 0 Å². The third-order valence-electron chi connectivity index (χ3n) is 4.73. The van der Waals surface area contributed by atoms with Crippen molar-refractivity contribution in [3.8, 4) is 5.75 Å². The summed E-state index contributed by atoms with van der Waals surface area (Å²) in [4.78, 5) is 2.55. The van der Waals surface area contributed by atoms with Crippen LogP contribution in [0, 0.1) is 12.8 Å². The molecule has 3 nitrogen and oxygen atoms in total. The Balaban J connectivity index is 2.18. The number of piperidine rings is 1. The molecule has 1 aliphatic rings. The zero-order chi connectivity index (χ0) is 14.7. The number of methoxy groups -OCH3 is 1. The van der Waals surface area contributed by atoms with E-state index in [1.165, 1.54) is 11.1 Å². The predicted molar refractivity (Wildman–Crippen MR) is 84.1 cm³/mol. The van der Waals surface area contributed by atoms with Crippen LogP contribution < -0.4 is 10.5 Å². The molecule has 1 heterocycles. The second-order valence-corrected chi connectivity index (χ2v) is 6.04. The summed E-state index contributed by atoms with van der Waals surface area (Å²) in [7, 11) is 1.75. The molecule has 0 bridgehead atoms. The lowest BCUT2D eigenvalue weighted by Gasteiger charge is -2.40. The minimum Gasteiger partial charge on any atom is -0.496 e. The zero-order valence-corrected chi connectivity index (χ0v) is 13.2. The molecule has 1 saturated heterocycles. The molecule has 0 saturated carbocycles. The maximum absolute atomic E-state index is 6.22. The molecule has 3 unspecified atom stereocenters. The largest absolute Gasteiger partial charge is 0.496 e. The predicted octanol–water partition coefficient (Wildman–Crippen LogP) is 3.12. The number of hydrogen-bond donors (Lipinski definition) is 1. The van der Waals surface area contributed by atoms with Gasteiger partial charge < -0.3 is 10.5 Å². The van der Waals surface area contributed by atoms with Crippen LogP contribution in [0.3, 0.4) is 0 Å². The van der Waals surface area contributed by atoms with Crippen molar-refractivity contribution in [2.75, 3.05) is 20.2 Å². The van der Waals surface area contributed by atoms with Crippen LogP contribution in [0.25, 0.3) is 0 Å². The molecular weight excluding hydrogens is 248 g/mol. The summed E-state index contributed by atoms with van der Waals surface area (Å²) in [5.74, 6) is 1.60. The third-order valence-corrected chi connectivity index (χ3v) is 4.73. The van der Waals surface area contributed by atoms with Gasteiger partial charge in [0.2, 0.25) is 0 Å². The molecule has 2 rings (SSSR count). The number of nitrogens with two attached hydrogens (primary N) is 1. The molecule has 1 aromatic carbocycles. The first-order valence-corrected chi connectivity index (χ1v) is 7.71. The summed E-state index contributed by atoms with van der Waals surface area (Å²) < 4.78 is 5.54. The van der Waals surface area contributed by atoms with Crippen molar-refractivity contribution in [1.82, 2.24) is 4.90 Å². The highest BCUT2D eigenvalue weighted by atomic mass is 16.5. The van der Waals surface area contributed by atoms with Gasteiger partial charge in [0.1, 0.15) is 5.75 Å². The summed E-state index contributed by atoms with van der Waals surface area (Å²) in [5.41, 5.74) is 8.79. The molecule has 0 spiro atoms. The maximum atomic E-state index is 6.22. The maximum Gasteiger partial charge on any atom is 0.123 e. The van der Waals surface area contributed by atoms with E-state index in [-0.39, 0.29) is 0 Å². The number of hydrogen-bond acceptors (Lipinski definition) is 3. The Morgan fingerprint density at radius 2 is 2.20 bits per heavy atom. The van der Waals surface area contributed by atoms with Crippen LogP contribution in [0.4, 0.5) is 0 Å². The lowest BCUT2D eigenvalue weighted by molar-refractivity contribution is 0.113. The van der Waals surface area contributed by atoms with Gasteiger partial charge in [-0.25, -0.2) is 0 Å². The second kappa shape index (κ2) is 6.59. The standard InChI is InChI=1S/C17H28N2O/c1-5-14-11-19(9-8-16(14)18)13(3)15-10-12(2)6-7-17(15)20-4/h6-7,10,13-14,16H,5,8-9,11,18H2,1-4H3. The monoisotopic (exact) mass is 276 g/mol. The topological polar surface area (TPSA) is 38.5 Å². The van der Waals surface area contributed by atoms with E-state index in [9.17, 15) is 0 Å². The van der Waals surface area contributed by atoms with Crippen LogP contribution in [0.15, 0.2) is 18.2 Å². The zero-order valence-electron chi connectivity index (χ0n) is 13.2. The van der Waals surface area contributed by atoms with Gasteiger partial charge >= 0.3 is 0 Å². The van der Waals surface area contributed by atoms with Gasteiger partial charge in [-0.1, -0.05) is 31.0 Å². The lowest BCUT2D eigenvalue weighted by Crippen LogP contribution is -2.47. The van der Waals surface area contributed by atoms with Crippen molar-refractivity contribution in [3.05, 3.63) is 29.3 Å². The van der Waals surface area contributed by atoms with Gasteiger partial charge in [0.25, 0.3) is 0 Å². The molecule has 1 aliphatic heterocycles. The van der Waals surface area contributed by atoms with Gasteiger partial charge in [-0.2, -0.15) is 0 Å². The number of benzene rings is 1. The van der Waals surface area contributed by atoms with E-state index in [0.717, 1.165) is 31.7 Å². The molecule has 1 fully saturated rings. The number of aryl methyl sites for hydroxylation is 1. The van der Waals surface area contributed by atoms with E-state index in [4.69, 9.17) is 10.5 Å². The molecular formula is C17H28N2O. The van der Waals surface area contributed by atoms with Crippen LogP contribution in [-0.4, -0.2) is 31.1 Å². The Hall–Kier alpha value is -1.06. The summed E-state index contributed by atoms with van der Waals surface area (Å²) in [6.45, 7) is 8.83. The van der Waals surface area contributed by atoms with Crippen molar-refractivity contribution < 1.29 is 4.74 Å². The normalized spacial score (nSPS) is 25.4. The van der Waals surface area contributed by atoms with E-state index in [2.05, 4.69) is 43.9 Å². The van der Waals surface area contributed by atoms with E-state index >= 15 is 0 Å². The molecule has 0 aromatic heterocycles. The first kappa shape index (κ1) is 15.3. The van der Waals surface area contributed by atoms with E-state index in [1.807, 2.05) is 0 Å². The molecule has 3 heteroatoms. The molecule has 112 valence electrons. The molecule has 1 aromatic rings. The lowest BCUT2D eigenvalue weighted by atomic mass is 9.89. The van der Waals surface area contributed by atoms with E-state index in [0.29, 0.717) is 18.0 Å². The number of nitrogens with zero attached hydrogens (tertiary/aromatic N) is 1. The smallest absolute Gasteiger partial charge is 0.123 e. The molecule has 0 radical (unpaired) electrons. The molecule has 3 atom stereocenters. The molecule has 20 heavy (non-hydrogen) atoms. The fourth-order valence-corrected chi connectivity index (χ4v) is 3.24. The van der Waals surface area contributed by atoms with Crippen LogP contribution in [0.1, 0.15) is 43.9 Å². The van der Waals surface area contributed by atoms with Gasteiger partial charge in [-0.05, 0) is 32.3 Å². The second-order valence-electron chi connectivity index (χ2n) is 6.04. The quantitative estimate of drug-likeness (QED) is 0.918. The minimum atomic E-state index is 0.364. The van der Waals surface area contributed by atoms with Crippen molar-refractivity contribution >= 4 is 0 Å². The number of ether oxygens (including phenoxy) is 1. The summed E-state index contributed by atoms with van der Waals surface area (Å²) >= 11 is 0. The van der Waals surface area contributed by atoms with Crippen molar-refractivity contribution in [3.63, 3.8) is 0 Å². The minimum absolute atomic E-state index is 0.364. The van der Waals surface area contributed by atoms with Crippen molar-refractivity contribution in [1.29, 1.82) is 0 Å². The Morgan fingerprint density at radius 3 is 2.85 bits per heavy atom. The summed E-state index contributed by atoms with van der Waals surface area (Å²) in [6.07, 6.45) is 2.26. The first-order chi connectivity index (χ1) is 9.56. The van der Waals surface area contributed by atoms with Crippen molar-refractivity contribution in [2.24, 2.45) is 11.7 Å².